The molecule has 0 aliphatic heterocycles. The van der Waals surface area contributed by atoms with Crippen molar-refractivity contribution in [3.63, 3.8) is 0 Å². The second kappa shape index (κ2) is 17.4. The van der Waals surface area contributed by atoms with E-state index < -0.39 is 28.5 Å². The van der Waals surface area contributed by atoms with Crippen LogP contribution < -0.4 is 28.6 Å². The average molecular weight is 704 g/mol. The number of sulfonamides is 1. The summed E-state index contributed by atoms with van der Waals surface area (Å²) in [6, 6.07) is 24.9. The van der Waals surface area contributed by atoms with E-state index in [1.54, 1.807) is 12.1 Å². The van der Waals surface area contributed by atoms with Crippen molar-refractivity contribution in [2.45, 2.75) is 44.2 Å². The van der Waals surface area contributed by atoms with Crippen molar-refractivity contribution in [2.75, 3.05) is 45.8 Å². The highest BCUT2D eigenvalue weighted by molar-refractivity contribution is 7.92. The van der Waals surface area contributed by atoms with Gasteiger partial charge in [0.1, 0.15) is 24.1 Å². The topological polar surface area (TPSA) is 124 Å². The summed E-state index contributed by atoms with van der Waals surface area (Å²) in [6.07, 6.45) is 0.904. The van der Waals surface area contributed by atoms with E-state index in [0.29, 0.717) is 24.5 Å². The summed E-state index contributed by atoms with van der Waals surface area (Å²) >= 11 is 0. The first-order valence-corrected chi connectivity index (χ1v) is 17.6. The maximum atomic E-state index is 14.8. The van der Waals surface area contributed by atoms with E-state index in [1.165, 1.54) is 57.6 Å². The van der Waals surface area contributed by atoms with Gasteiger partial charge in [0.15, 0.2) is 11.5 Å². The van der Waals surface area contributed by atoms with Gasteiger partial charge in [-0.2, -0.15) is 0 Å². The van der Waals surface area contributed by atoms with Crippen LogP contribution in [0.5, 0.6) is 23.0 Å². The van der Waals surface area contributed by atoms with Gasteiger partial charge in [0, 0.05) is 31.6 Å². The molecule has 11 nitrogen and oxygen atoms in total. The summed E-state index contributed by atoms with van der Waals surface area (Å²) in [5.74, 6) is 0.108. The Morgan fingerprint density at radius 2 is 1.42 bits per heavy atom. The first-order chi connectivity index (χ1) is 24.1. The molecule has 50 heavy (non-hydrogen) atoms. The van der Waals surface area contributed by atoms with E-state index in [4.69, 9.17) is 18.9 Å². The van der Waals surface area contributed by atoms with Crippen molar-refractivity contribution >= 4 is 27.5 Å². The molecule has 4 aromatic carbocycles. The molecular weight excluding hydrogens is 658 g/mol. The average Bonchev–Trinajstić information content (AvgIpc) is 3.14. The summed E-state index contributed by atoms with van der Waals surface area (Å²) in [6.45, 7) is 3.70. The van der Waals surface area contributed by atoms with Gasteiger partial charge in [0.25, 0.3) is 10.0 Å². The van der Waals surface area contributed by atoms with Crippen LogP contribution in [0, 0.1) is 6.92 Å². The minimum atomic E-state index is -4.48. The van der Waals surface area contributed by atoms with E-state index in [-0.39, 0.29) is 41.0 Å². The lowest BCUT2D eigenvalue weighted by Crippen LogP contribution is -2.53. The molecule has 0 unspecified atom stereocenters. The van der Waals surface area contributed by atoms with Crippen LogP contribution >= 0.6 is 0 Å². The minimum absolute atomic E-state index is 0.0512. The molecule has 0 saturated carbocycles. The number of anilines is 1. The van der Waals surface area contributed by atoms with Gasteiger partial charge in [-0.1, -0.05) is 67.1 Å². The summed E-state index contributed by atoms with van der Waals surface area (Å²) in [5.41, 5.74) is 2.72. The van der Waals surface area contributed by atoms with Gasteiger partial charge < -0.3 is 29.2 Å². The fourth-order valence-electron chi connectivity index (χ4n) is 5.42. The molecule has 4 aromatic rings. The van der Waals surface area contributed by atoms with Crippen molar-refractivity contribution in [1.29, 1.82) is 0 Å². The Hall–Kier alpha value is -5.23. The quantitative estimate of drug-likeness (QED) is 0.155. The SMILES string of the molecule is CCCNC(=O)[C@H](Cc1ccccc1)N(Cc1ccc(C)cc1)C(=O)CN(c1cc(OC)ccc1OC)S(=O)(=O)c1ccc(OC)c(OC)c1. The number of aryl methyl sites for hydroxylation is 1. The number of carbonyl (C=O) groups excluding carboxylic acids is 2. The molecule has 0 spiro atoms. The Morgan fingerprint density at radius 1 is 0.760 bits per heavy atom. The Balaban J connectivity index is 1.89. The van der Waals surface area contributed by atoms with Crippen molar-refractivity contribution in [1.82, 2.24) is 10.2 Å². The fourth-order valence-corrected chi connectivity index (χ4v) is 6.85. The van der Waals surface area contributed by atoms with Crippen molar-refractivity contribution < 1.29 is 37.0 Å². The third kappa shape index (κ3) is 9.06. The first-order valence-electron chi connectivity index (χ1n) is 16.2. The lowest BCUT2D eigenvalue weighted by Gasteiger charge is -2.34. The van der Waals surface area contributed by atoms with Gasteiger partial charge >= 0.3 is 0 Å². The molecule has 0 saturated heterocycles. The molecule has 1 N–H and O–H groups in total. The Morgan fingerprint density at radius 3 is 2.04 bits per heavy atom. The number of carbonyl (C=O) groups is 2. The van der Waals surface area contributed by atoms with E-state index in [9.17, 15) is 18.0 Å². The monoisotopic (exact) mass is 703 g/mol. The molecule has 0 bridgehead atoms. The molecule has 2 amide bonds. The number of nitrogens with zero attached hydrogens (tertiary/aromatic N) is 2. The molecule has 266 valence electrons. The predicted octanol–water partition coefficient (Wildman–Crippen LogP) is 5.39. The minimum Gasteiger partial charge on any atom is -0.497 e. The summed E-state index contributed by atoms with van der Waals surface area (Å²) < 4.78 is 52.0. The van der Waals surface area contributed by atoms with Gasteiger partial charge in [0.2, 0.25) is 11.8 Å². The smallest absolute Gasteiger partial charge is 0.265 e. The van der Waals surface area contributed by atoms with Gasteiger partial charge in [-0.15, -0.1) is 0 Å². The van der Waals surface area contributed by atoms with Gasteiger partial charge in [0.05, 0.1) is 39.0 Å². The van der Waals surface area contributed by atoms with Crippen LogP contribution in [0.4, 0.5) is 5.69 Å². The van der Waals surface area contributed by atoms with Gasteiger partial charge in [-0.05, 0) is 48.7 Å². The number of nitrogens with one attached hydrogen (secondary N) is 1. The second-order valence-electron chi connectivity index (χ2n) is 11.6. The highest BCUT2D eigenvalue weighted by atomic mass is 32.2. The summed E-state index contributed by atoms with van der Waals surface area (Å²) in [5, 5.41) is 2.95. The van der Waals surface area contributed by atoms with Crippen LogP contribution in [0.15, 0.2) is 95.9 Å². The van der Waals surface area contributed by atoms with Crippen LogP contribution in [0.2, 0.25) is 0 Å². The third-order valence-corrected chi connectivity index (χ3v) is 9.93. The zero-order valence-electron chi connectivity index (χ0n) is 29.3. The van der Waals surface area contributed by atoms with Crippen LogP contribution in [-0.2, 0) is 32.6 Å². The number of hydrogen-bond donors (Lipinski definition) is 1. The first kappa shape index (κ1) is 37.6. The Kier molecular flexibility index (Phi) is 13.1. The lowest BCUT2D eigenvalue weighted by atomic mass is 10.0. The van der Waals surface area contributed by atoms with Crippen LogP contribution in [0.3, 0.4) is 0 Å². The third-order valence-electron chi connectivity index (χ3n) is 8.17. The molecule has 0 aliphatic rings. The van der Waals surface area contributed by atoms with Gasteiger partial charge in [-0.25, -0.2) is 8.42 Å². The van der Waals surface area contributed by atoms with E-state index in [2.05, 4.69) is 5.32 Å². The number of amides is 2. The van der Waals surface area contributed by atoms with Crippen LogP contribution in [-0.4, -0.2) is 72.7 Å². The number of methoxy groups -OCH3 is 4. The molecule has 0 fully saturated rings. The molecule has 1 atom stereocenters. The van der Waals surface area contributed by atoms with Crippen LogP contribution in [0.1, 0.15) is 30.0 Å². The molecule has 0 aromatic heterocycles. The van der Waals surface area contributed by atoms with E-state index >= 15 is 0 Å². The molecule has 4 rings (SSSR count). The largest absolute Gasteiger partial charge is 0.497 e. The molecular formula is C38H45N3O8S. The molecule has 0 radical (unpaired) electrons. The maximum absolute atomic E-state index is 14.8. The fraction of sp³-hybridized carbons (Fsp3) is 0.316. The summed E-state index contributed by atoms with van der Waals surface area (Å²) in [7, 11) is 1.23. The zero-order chi connectivity index (χ0) is 36.3. The maximum Gasteiger partial charge on any atom is 0.265 e. The second-order valence-corrected chi connectivity index (χ2v) is 13.4. The number of benzene rings is 4. The van der Waals surface area contributed by atoms with E-state index in [0.717, 1.165) is 21.0 Å². The van der Waals surface area contributed by atoms with Crippen molar-refractivity contribution in [2.24, 2.45) is 0 Å². The van der Waals surface area contributed by atoms with E-state index in [1.807, 2.05) is 68.4 Å². The standard InChI is InChI=1S/C38H45N3O8S/c1-7-21-39-38(43)33(22-28-11-9-8-10-12-28)40(25-29-15-13-27(2)14-16-29)37(42)26-41(32-23-30(46-3)17-19-34(32)47-4)50(44,45)31-18-20-35(48-5)36(24-31)49-6/h8-20,23-24,33H,7,21-22,25-26H2,1-6H3,(H,39,43)/t33-/m0/s1. The Bertz CT molecular complexity index is 1850. The number of hydrogen-bond acceptors (Lipinski definition) is 8. The molecule has 0 heterocycles. The normalized spacial score (nSPS) is 11.6. The number of ether oxygens (including phenoxy) is 4. The van der Waals surface area contributed by atoms with Gasteiger partial charge in [-0.3, -0.25) is 13.9 Å². The highest BCUT2D eigenvalue weighted by Crippen LogP contribution is 2.38. The van der Waals surface area contributed by atoms with Crippen molar-refractivity contribution in [3.8, 4) is 23.0 Å². The Labute approximate surface area is 294 Å². The number of rotatable bonds is 17. The molecule has 0 aliphatic carbocycles. The molecule has 12 heteroatoms. The predicted molar refractivity (Wildman–Crippen MR) is 193 cm³/mol. The summed E-state index contributed by atoms with van der Waals surface area (Å²) in [4.78, 5) is 30.0. The van der Waals surface area contributed by atoms with Crippen LogP contribution in [0.25, 0.3) is 0 Å². The van der Waals surface area contributed by atoms with Crippen molar-refractivity contribution in [3.05, 3.63) is 108 Å². The zero-order valence-corrected chi connectivity index (χ0v) is 30.2. The lowest BCUT2D eigenvalue weighted by molar-refractivity contribution is -0.140. The highest BCUT2D eigenvalue weighted by Gasteiger charge is 2.36.